The first-order valence-electron chi connectivity index (χ1n) is 11.9. The maximum Gasteiger partial charge on any atom is 0.416 e. The van der Waals surface area contributed by atoms with Gasteiger partial charge in [0, 0.05) is 19.7 Å². The van der Waals surface area contributed by atoms with Crippen LogP contribution in [-0.2, 0) is 17.5 Å². The molecule has 0 radical (unpaired) electrons. The van der Waals surface area contributed by atoms with Crippen molar-refractivity contribution in [3.8, 4) is 11.1 Å². The summed E-state index contributed by atoms with van der Waals surface area (Å²) in [5, 5.41) is 39.3. The largest absolute Gasteiger partial charge is 0.416 e. The molecule has 0 saturated carbocycles. The summed E-state index contributed by atoms with van der Waals surface area (Å²) in [6.45, 7) is 2.11. The third kappa shape index (κ3) is 8.27. The summed E-state index contributed by atoms with van der Waals surface area (Å²) in [7, 11) is 0. The Morgan fingerprint density at radius 1 is 0.800 bits per heavy atom. The molecule has 1 fully saturated rings. The van der Waals surface area contributed by atoms with Crippen LogP contribution in [0.15, 0.2) is 48.5 Å². The van der Waals surface area contributed by atoms with Gasteiger partial charge in [-0.3, -0.25) is 4.90 Å². The van der Waals surface area contributed by atoms with Crippen LogP contribution in [0.2, 0.25) is 0 Å². The van der Waals surface area contributed by atoms with Gasteiger partial charge in [-0.15, -0.1) is 0 Å². The van der Waals surface area contributed by atoms with Crippen LogP contribution < -0.4 is 0 Å². The molecule has 194 valence electrons. The van der Waals surface area contributed by atoms with Crippen molar-refractivity contribution in [2.45, 2.75) is 62.9 Å². The standard InChI is InChI=1S/C26H34F3NO5/c27-26(28,29)21-7-5-6-20(14-21)19-10-8-18(9-11-19)17-35-13-4-2-1-3-12-30-15-22(31)24(33)25(34)23(32)16-30/h5-11,14,22-25,31-34H,1-4,12-13,15-17H2/t22-,23-,24+,25+/m0/s1. The van der Waals surface area contributed by atoms with Crippen molar-refractivity contribution in [2.75, 3.05) is 26.2 Å². The van der Waals surface area contributed by atoms with Gasteiger partial charge in [0.05, 0.1) is 24.4 Å². The van der Waals surface area contributed by atoms with Crippen LogP contribution in [-0.4, -0.2) is 76.0 Å². The van der Waals surface area contributed by atoms with E-state index in [1.807, 2.05) is 17.0 Å². The number of unbranched alkanes of at least 4 members (excludes halogenated alkanes) is 3. The van der Waals surface area contributed by atoms with Gasteiger partial charge < -0.3 is 25.2 Å². The van der Waals surface area contributed by atoms with E-state index in [0.717, 1.165) is 43.4 Å². The molecule has 2 aromatic rings. The molecule has 6 nitrogen and oxygen atoms in total. The smallest absolute Gasteiger partial charge is 0.389 e. The van der Waals surface area contributed by atoms with Gasteiger partial charge in [-0.2, -0.15) is 13.2 Å². The normalized spacial score (nSPS) is 23.9. The summed E-state index contributed by atoms with van der Waals surface area (Å²) in [4.78, 5) is 1.86. The summed E-state index contributed by atoms with van der Waals surface area (Å²) < 4.78 is 44.5. The molecule has 1 aliphatic heterocycles. The average molecular weight is 498 g/mol. The first-order chi connectivity index (χ1) is 16.6. The topological polar surface area (TPSA) is 93.4 Å². The minimum absolute atomic E-state index is 0.213. The van der Waals surface area contributed by atoms with Gasteiger partial charge in [0.15, 0.2) is 0 Å². The molecular weight excluding hydrogens is 463 g/mol. The molecule has 4 N–H and O–H groups in total. The molecule has 2 aromatic carbocycles. The second kappa shape index (κ2) is 12.8. The zero-order chi connectivity index (χ0) is 25.4. The minimum Gasteiger partial charge on any atom is -0.389 e. The Morgan fingerprint density at radius 3 is 2.06 bits per heavy atom. The van der Waals surface area contributed by atoms with Crippen molar-refractivity contribution in [1.82, 2.24) is 4.90 Å². The highest BCUT2D eigenvalue weighted by Crippen LogP contribution is 2.32. The second-order valence-corrected chi connectivity index (χ2v) is 9.12. The molecule has 9 heteroatoms. The lowest BCUT2D eigenvalue weighted by molar-refractivity contribution is -0.137. The van der Waals surface area contributed by atoms with E-state index in [1.54, 1.807) is 18.2 Å². The van der Waals surface area contributed by atoms with Gasteiger partial charge in [-0.05, 0) is 48.2 Å². The third-order valence-corrected chi connectivity index (χ3v) is 6.29. The lowest BCUT2D eigenvalue weighted by Gasteiger charge is -2.23. The number of alkyl halides is 3. The van der Waals surface area contributed by atoms with Crippen LogP contribution in [0.1, 0.15) is 36.8 Å². The molecule has 0 bridgehead atoms. The van der Waals surface area contributed by atoms with Crippen LogP contribution >= 0.6 is 0 Å². The molecule has 0 aromatic heterocycles. The van der Waals surface area contributed by atoms with Crippen LogP contribution in [0, 0.1) is 0 Å². The van der Waals surface area contributed by atoms with Crippen molar-refractivity contribution in [3.63, 3.8) is 0 Å². The fraction of sp³-hybridized carbons (Fsp3) is 0.538. The van der Waals surface area contributed by atoms with Crippen molar-refractivity contribution in [1.29, 1.82) is 0 Å². The minimum atomic E-state index is -4.37. The molecular formula is C26H34F3NO5. The van der Waals surface area contributed by atoms with Crippen molar-refractivity contribution >= 4 is 0 Å². The van der Waals surface area contributed by atoms with Crippen LogP contribution in [0.25, 0.3) is 11.1 Å². The second-order valence-electron chi connectivity index (χ2n) is 9.12. The first-order valence-corrected chi connectivity index (χ1v) is 11.9. The Hall–Kier alpha value is -2.01. The van der Waals surface area contributed by atoms with E-state index in [9.17, 15) is 33.6 Å². The summed E-state index contributed by atoms with van der Waals surface area (Å²) in [6.07, 6.45) is -5.58. The highest BCUT2D eigenvalue weighted by atomic mass is 19.4. The monoisotopic (exact) mass is 497 g/mol. The van der Waals surface area contributed by atoms with Gasteiger partial charge >= 0.3 is 6.18 Å². The quantitative estimate of drug-likeness (QED) is 0.377. The zero-order valence-corrected chi connectivity index (χ0v) is 19.6. The maximum atomic E-state index is 12.9. The number of aliphatic hydroxyl groups excluding tert-OH is 4. The molecule has 0 aliphatic carbocycles. The Kier molecular flexibility index (Phi) is 10.1. The summed E-state index contributed by atoms with van der Waals surface area (Å²) in [6, 6.07) is 12.6. The SMILES string of the molecule is O[C@H]1[C@H](O)[C@@H](O)CN(CCCCCCOCc2ccc(-c3cccc(C(F)(F)F)c3)cc2)C[C@@H]1O. The summed E-state index contributed by atoms with van der Waals surface area (Å²) in [5.41, 5.74) is 1.52. The predicted molar refractivity (Wildman–Crippen MR) is 125 cm³/mol. The molecule has 1 heterocycles. The van der Waals surface area contributed by atoms with Crippen LogP contribution in [0.5, 0.6) is 0 Å². The van der Waals surface area contributed by atoms with Gasteiger partial charge in [-0.1, -0.05) is 49.2 Å². The number of β-amino-alcohol motifs (C(OH)–C–C–N with tert-alkyl or cyclic N) is 2. The number of halogens is 3. The Labute approximate surface area is 203 Å². The van der Waals surface area contributed by atoms with Gasteiger partial charge in [0.2, 0.25) is 0 Å². The lowest BCUT2D eigenvalue weighted by atomic mass is 10.0. The number of nitrogens with zero attached hydrogens (tertiary/aromatic N) is 1. The Morgan fingerprint density at radius 2 is 1.43 bits per heavy atom. The summed E-state index contributed by atoms with van der Waals surface area (Å²) in [5.74, 6) is 0. The molecule has 35 heavy (non-hydrogen) atoms. The van der Waals surface area contributed by atoms with E-state index >= 15 is 0 Å². The lowest BCUT2D eigenvalue weighted by Crippen LogP contribution is -2.43. The van der Waals surface area contributed by atoms with Gasteiger partial charge in [0.1, 0.15) is 12.2 Å². The number of rotatable bonds is 10. The van der Waals surface area contributed by atoms with Crippen molar-refractivity contribution < 1.29 is 38.3 Å². The van der Waals surface area contributed by atoms with Crippen LogP contribution in [0.4, 0.5) is 13.2 Å². The van der Waals surface area contributed by atoms with Crippen molar-refractivity contribution in [2.24, 2.45) is 0 Å². The van der Waals surface area contributed by atoms with E-state index in [4.69, 9.17) is 4.74 Å². The maximum absolute atomic E-state index is 12.9. The molecule has 4 atom stereocenters. The van der Waals surface area contributed by atoms with E-state index in [-0.39, 0.29) is 13.1 Å². The van der Waals surface area contributed by atoms with Gasteiger partial charge in [-0.25, -0.2) is 0 Å². The van der Waals surface area contributed by atoms with E-state index in [0.29, 0.717) is 30.9 Å². The molecule has 0 amide bonds. The average Bonchev–Trinajstić information content (AvgIpc) is 2.92. The van der Waals surface area contributed by atoms with Gasteiger partial charge in [0.25, 0.3) is 0 Å². The third-order valence-electron chi connectivity index (χ3n) is 6.29. The number of aliphatic hydroxyl groups is 4. The number of ether oxygens (including phenoxy) is 1. The number of likely N-dealkylation sites (tertiary alicyclic amines) is 1. The number of hydrogen-bond donors (Lipinski definition) is 4. The van der Waals surface area contributed by atoms with E-state index in [2.05, 4.69) is 0 Å². The fourth-order valence-corrected chi connectivity index (χ4v) is 4.21. The van der Waals surface area contributed by atoms with E-state index in [1.165, 1.54) is 6.07 Å². The number of benzene rings is 2. The molecule has 1 aliphatic rings. The van der Waals surface area contributed by atoms with Crippen molar-refractivity contribution in [3.05, 3.63) is 59.7 Å². The molecule has 1 saturated heterocycles. The molecule has 0 unspecified atom stereocenters. The van der Waals surface area contributed by atoms with Crippen LogP contribution in [0.3, 0.4) is 0 Å². The highest BCUT2D eigenvalue weighted by Gasteiger charge is 2.36. The molecule has 3 rings (SSSR count). The van der Waals surface area contributed by atoms with E-state index < -0.39 is 36.2 Å². The first kappa shape index (κ1) is 27.6. The summed E-state index contributed by atoms with van der Waals surface area (Å²) >= 11 is 0. The Balaban J connectivity index is 1.31. The predicted octanol–water partition coefficient (Wildman–Crippen LogP) is 3.21. The molecule has 0 spiro atoms. The number of hydrogen-bond acceptors (Lipinski definition) is 6. The Bertz CT molecular complexity index is 893. The fourth-order valence-electron chi connectivity index (χ4n) is 4.21. The zero-order valence-electron chi connectivity index (χ0n) is 19.6. The highest BCUT2D eigenvalue weighted by molar-refractivity contribution is 5.64.